The number of amides is 1. The number of nitrogens with zero attached hydrogens (tertiary/aromatic N) is 1. The molecule has 2 aromatic carbocycles. The van der Waals surface area contributed by atoms with Gasteiger partial charge in [-0.25, -0.2) is 8.42 Å². The minimum Gasteiger partial charge on any atom is -0.494 e. The molecule has 6 nitrogen and oxygen atoms in total. The summed E-state index contributed by atoms with van der Waals surface area (Å²) in [6, 6.07) is 13.9. The quantitative estimate of drug-likeness (QED) is 0.591. The lowest BCUT2D eigenvalue weighted by Gasteiger charge is -2.30. The number of piperidine rings is 1. The highest BCUT2D eigenvalue weighted by atomic mass is 35.5. The Kier molecular flexibility index (Phi) is 7.99. The predicted octanol–water partition coefficient (Wildman–Crippen LogP) is 3.98. The Bertz CT molecular complexity index is 962. The monoisotopic (exact) mass is 470 g/mol. The first kappa shape index (κ1) is 22.9. The lowest BCUT2D eigenvalue weighted by atomic mass is 9.97. The maximum atomic E-state index is 12.9. The van der Waals surface area contributed by atoms with E-state index in [-0.39, 0.29) is 34.8 Å². The number of halogens is 2. The number of nitrogens with one attached hydrogen (secondary N) is 1. The van der Waals surface area contributed by atoms with E-state index in [9.17, 15) is 13.2 Å². The van der Waals surface area contributed by atoms with Gasteiger partial charge in [0.15, 0.2) is 0 Å². The number of hydrogen-bond acceptors (Lipinski definition) is 4. The fraction of sp³-hybridized carbons (Fsp3) is 0.381. The number of hydrogen-bond donors (Lipinski definition) is 1. The maximum absolute atomic E-state index is 12.9. The Balaban J connectivity index is 1.43. The summed E-state index contributed by atoms with van der Waals surface area (Å²) in [5, 5.41) is 3.36. The Morgan fingerprint density at radius 3 is 2.50 bits per heavy atom. The van der Waals surface area contributed by atoms with Gasteiger partial charge in [-0.05, 0) is 49.6 Å². The molecule has 1 saturated heterocycles. The fourth-order valence-corrected chi connectivity index (χ4v) is 5.51. The smallest absolute Gasteiger partial charge is 0.244 e. The van der Waals surface area contributed by atoms with Gasteiger partial charge in [-0.1, -0.05) is 41.4 Å². The minimum absolute atomic E-state index is 0.00187. The van der Waals surface area contributed by atoms with Gasteiger partial charge < -0.3 is 10.1 Å². The standard InChI is InChI=1S/C21H24Cl2N2O4S/c22-17-7-8-19(23)20(15-17)30(27,28)25-12-9-16(10-13-25)21(26)24-11-4-14-29-18-5-2-1-3-6-18/h1-3,5-8,15-16H,4,9-14H2,(H,24,26). The highest BCUT2D eigenvalue weighted by Crippen LogP contribution is 2.30. The molecule has 1 heterocycles. The number of para-hydroxylation sites is 1. The van der Waals surface area contributed by atoms with Crippen LogP contribution in [-0.4, -0.2) is 44.9 Å². The Hall–Kier alpha value is -1.80. The van der Waals surface area contributed by atoms with Gasteiger partial charge in [0.25, 0.3) is 0 Å². The van der Waals surface area contributed by atoms with Crippen molar-refractivity contribution in [1.82, 2.24) is 9.62 Å². The molecule has 1 amide bonds. The molecule has 0 saturated carbocycles. The van der Waals surface area contributed by atoms with Crippen LogP contribution in [0.3, 0.4) is 0 Å². The third-order valence-corrected chi connectivity index (χ3v) is 7.58. The highest BCUT2D eigenvalue weighted by molar-refractivity contribution is 7.89. The van der Waals surface area contributed by atoms with Crippen LogP contribution in [-0.2, 0) is 14.8 Å². The molecule has 1 N–H and O–H groups in total. The second kappa shape index (κ2) is 10.5. The second-order valence-electron chi connectivity index (χ2n) is 7.06. The van der Waals surface area contributed by atoms with Gasteiger partial charge in [-0.15, -0.1) is 0 Å². The molecule has 0 spiro atoms. The molecule has 30 heavy (non-hydrogen) atoms. The van der Waals surface area contributed by atoms with Crippen LogP contribution in [0.15, 0.2) is 53.4 Å². The number of ether oxygens (including phenoxy) is 1. The van der Waals surface area contributed by atoms with E-state index in [1.165, 1.54) is 16.4 Å². The van der Waals surface area contributed by atoms with Gasteiger partial charge in [0.2, 0.25) is 15.9 Å². The predicted molar refractivity (Wildman–Crippen MR) is 118 cm³/mol. The van der Waals surface area contributed by atoms with Gasteiger partial charge >= 0.3 is 0 Å². The van der Waals surface area contributed by atoms with E-state index in [0.717, 1.165) is 5.75 Å². The largest absolute Gasteiger partial charge is 0.494 e. The zero-order valence-corrected chi connectivity index (χ0v) is 18.7. The van der Waals surface area contributed by atoms with E-state index in [2.05, 4.69) is 5.32 Å². The summed E-state index contributed by atoms with van der Waals surface area (Å²) in [6.07, 6.45) is 1.62. The van der Waals surface area contributed by atoms with E-state index < -0.39 is 10.0 Å². The number of benzene rings is 2. The third-order valence-electron chi connectivity index (χ3n) is 4.97. The van der Waals surface area contributed by atoms with Crippen molar-refractivity contribution in [2.45, 2.75) is 24.2 Å². The third kappa shape index (κ3) is 5.88. The molecule has 3 rings (SSSR count). The van der Waals surface area contributed by atoms with E-state index in [0.29, 0.717) is 37.4 Å². The molecule has 0 unspecified atom stereocenters. The Morgan fingerprint density at radius 2 is 1.80 bits per heavy atom. The number of carbonyl (C=O) groups is 1. The summed E-state index contributed by atoms with van der Waals surface area (Å²) >= 11 is 12.0. The maximum Gasteiger partial charge on any atom is 0.244 e. The van der Waals surface area contributed by atoms with Gasteiger partial charge in [0.05, 0.1) is 11.6 Å². The Labute approximate surface area is 187 Å². The normalized spacial score (nSPS) is 15.7. The summed E-state index contributed by atoms with van der Waals surface area (Å²) in [7, 11) is -3.75. The summed E-state index contributed by atoms with van der Waals surface area (Å²) < 4.78 is 32.7. The summed E-state index contributed by atoms with van der Waals surface area (Å²) in [4.78, 5) is 12.4. The average molecular weight is 471 g/mol. The van der Waals surface area contributed by atoms with Crippen molar-refractivity contribution in [3.05, 3.63) is 58.6 Å². The molecule has 1 aliphatic heterocycles. The zero-order chi connectivity index (χ0) is 21.6. The second-order valence-corrected chi connectivity index (χ2v) is 9.81. The number of carbonyl (C=O) groups excluding carboxylic acids is 1. The van der Waals surface area contributed by atoms with Gasteiger partial charge in [0, 0.05) is 30.6 Å². The van der Waals surface area contributed by atoms with Crippen molar-refractivity contribution in [3.63, 3.8) is 0 Å². The van der Waals surface area contributed by atoms with Crippen LogP contribution in [0.1, 0.15) is 19.3 Å². The van der Waals surface area contributed by atoms with Crippen molar-refractivity contribution < 1.29 is 17.9 Å². The highest BCUT2D eigenvalue weighted by Gasteiger charge is 2.33. The lowest BCUT2D eigenvalue weighted by molar-refractivity contribution is -0.126. The Morgan fingerprint density at radius 1 is 1.10 bits per heavy atom. The van der Waals surface area contributed by atoms with Crippen LogP contribution in [0.25, 0.3) is 0 Å². The molecule has 1 fully saturated rings. The molecule has 0 radical (unpaired) electrons. The van der Waals surface area contributed by atoms with Gasteiger partial charge in [0.1, 0.15) is 10.6 Å². The first-order chi connectivity index (χ1) is 14.4. The van der Waals surface area contributed by atoms with Crippen molar-refractivity contribution >= 4 is 39.1 Å². The van der Waals surface area contributed by atoms with Gasteiger partial charge in [-0.3, -0.25) is 4.79 Å². The van der Waals surface area contributed by atoms with Gasteiger partial charge in [-0.2, -0.15) is 4.31 Å². The van der Waals surface area contributed by atoms with E-state index in [4.69, 9.17) is 27.9 Å². The summed E-state index contributed by atoms with van der Waals surface area (Å²) in [6.45, 7) is 1.56. The molecule has 0 aromatic heterocycles. The van der Waals surface area contributed by atoms with E-state index >= 15 is 0 Å². The molecule has 1 aliphatic rings. The van der Waals surface area contributed by atoms with Crippen LogP contribution in [0, 0.1) is 5.92 Å². The van der Waals surface area contributed by atoms with E-state index in [1.807, 2.05) is 30.3 Å². The topological polar surface area (TPSA) is 75.7 Å². The molecule has 0 bridgehead atoms. The zero-order valence-electron chi connectivity index (χ0n) is 16.4. The van der Waals surface area contributed by atoms with E-state index in [1.54, 1.807) is 6.07 Å². The fourth-order valence-electron chi connectivity index (χ4n) is 3.31. The first-order valence-electron chi connectivity index (χ1n) is 9.78. The van der Waals surface area contributed by atoms with Crippen molar-refractivity contribution in [2.75, 3.05) is 26.2 Å². The van der Waals surface area contributed by atoms with Crippen LogP contribution in [0.4, 0.5) is 0 Å². The molecule has 0 atom stereocenters. The van der Waals surface area contributed by atoms with Crippen LogP contribution in [0.5, 0.6) is 5.75 Å². The van der Waals surface area contributed by atoms with Crippen LogP contribution >= 0.6 is 23.2 Å². The molecule has 9 heteroatoms. The van der Waals surface area contributed by atoms with Crippen molar-refractivity contribution in [3.8, 4) is 5.75 Å². The summed E-state index contributed by atoms with van der Waals surface area (Å²) in [5.74, 6) is 0.547. The minimum atomic E-state index is -3.75. The number of rotatable bonds is 8. The average Bonchev–Trinajstić information content (AvgIpc) is 2.76. The number of sulfonamides is 1. The van der Waals surface area contributed by atoms with Crippen LogP contribution in [0.2, 0.25) is 10.0 Å². The van der Waals surface area contributed by atoms with Crippen LogP contribution < -0.4 is 10.1 Å². The molecule has 0 aliphatic carbocycles. The van der Waals surface area contributed by atoms with Crippen molar-refractivity contribution in [1.29, 1.82) is 0 Å². The van der Waals surface area contributed by atoms with Crippen molar-refractivity contribution in [2.24, 2.45) is 5.92 Å². The molecule has 162 valence electrons. The first-order valence-corrected chi connectivity index (χ1v) is 12.0. The molecular formula is C21H24Cl2N2O4S. The SMILES string of the molecule is O=C(NCCCOc1ccccc1)C1CCN(S(=O)(=O)c2cc(Cl)ccc2Cl)CC1. The summed E-state index contributed by atoms with van der Waals surface area (Å²) in [5.41, 5.74) is 0. The molecule has 2 aromatic rings. The molecular weight excluding hydrogens is 447 g/mol. The lowest BCUT2D eigenvalue weighted by Crippen LogP contribution is -2.43.